The molecule has 0 bridgehead atoms. The first-order valence-electron chi connectivity index (χ1n) is 18.5. The molecule has 1 saturated heterocycles. The molecule has 55 heavy (non-hydrogen) atoms. The zero-order valence-corrected chi connectivity index (χ0v) is 34.3. The molecule has 298 valence electrons. The number of methoxy groups -OCH3 is 3. The first kappa shape index (κ1) is 43.3. The van der Waals surface area contributed by atoms with Crippen molar-refractivity contribution in [3.05, 3.63) is 107 Å². The van der Waals surface area contributed by atoms with Crippen LogP contribution in [0.1, 0.15) is 58.5 Å². The van der Waals surface area contributed by atoms with Crippen LogP contribution in [0.5, 0.6) is 17.2 Å². The van der Waals surface area contributed by atoms with Gasteiger partial charge < -0.3 is 42.6 Å². The smallest absolute Gasteiger partial charge is 0.342 e. The molecule has 2 unspecified atom stereocenters. The molecule has 0 saturated carbocycles. The molecule has 3 atom stereocenters. The Balaban J connectivity index is 1.54. The predicted molar refractivity (Wildman–Crippen MR) is 213 cm³/mol. The van der Waals surface area contributed by atoms with Crippen LogP contribution in [0.15, 0.2) is 85.0 Å². The Bertz CT molecular complexity index is 1710. The van der Waals surface area contributed by atoms with Gasteiger partial charge in [-0.2, -0.15) is 0 Å². The Kier molecular flexibility index (Phi) is 16.5. The van der Waals surface area contributed by atoms with Crippen LogP contribution < -0.4 is 14.2 Å². The van der Waals surface area contributed by atoms with E-state index in [2.05, 4.69) is 19.6 Å². The van der Waals surface area contributed by atoms with Gasteiger partial charge in [0.05, 0.1) is 45.7 Å². The number of hydrogen-bond acceptors (Lipinski definition) is 11. The fourth-order valence-corrected chi connectivity index (χ4v) is 6.48. The van der Waals surface area contributed by atoms with Crippen LogP contribution in [0.2, 0.25) is 25.7 Å². The van der Waals surface area contributed by atoms with E-state index in [-0.39, 0.29) is 18.1 Å². The quantitative estimate of drug-likeness (QED) is 0.0341. The molecule has 1 heterocycles. The maximum absolute atomic E-state index is 13.5. The molecule has 0 aliphatic carbocycles. The molecule has 12 heteroatoms. The van der Waals surface area contributed by atoms with Gasteiger partial charge in [0.15, 0.2) is 12.6 Å². The predicted octanol–water partition coefficient (Wildman–Crippen LogP) is 8.49. The van der Waals surface area contributed by atoms with Gasteiger partial charge in [0.1, 0.15) is 35.0 Å². The van der Waals surface area contributed by atoms with Crippen molar-refractivity contribution in [1.29, 1.82) is 0 Å². The number of hydrogen-bond donors (Lipinski definition) is 0. The topological polar surface area (TPSA) is 117 Å². The number of esters is 2. The highest BCUT2D eigenvalue weighted by Gasteiger charge is 2.45. The Hall–Kier alpha value is -4.46. The Morgan fingerprint density at radius 1 is 0.873 bits per heavy atom. The third-order valence-electron chi connectivity index (χ3n) is 8.61. The summed E-state index contributed by atoms with van der Waals surface area (Å²) in [7, 11) is 3.24. The zero-order chi connectivity index (χ0) is 39.8. The number of rotatable bonds is 21. The summed E-state index contributed by atoms with van der Waals surface area (Å²) in [6.45, 7) is 11.5. The van der Waals surface area contributed by atoms with Crippen LogP contribution in [0.3, 0.4) is 0 Å². The molecule has 1 aliphatic rings. The second-order valence-electron chi connectivity index (χ2n) is 14.7. The summed E-state index contributed by atoms with van der Waals surface area (Å²) < 4.78 is 52.2. The number of carbonyl (C=O) groups is 2. The van der Waals surface area contributed by atoms with Gasteiger partial charge in [0.2, 0.25) is 0 Å². The van der Waals surface area contributed by atoms with Crippen molar-refractivity contribution in [2.24, 2.45) is 0 Å². The lowest BCUT2D eigenvalue weighted by molar-refractivity contribution is -0.152. The molecular weight excluding hydrogens is 721 g/mol. The van der Waals surface area contributed by atoms with Gasteiger partial charge in [-0.05, 0) is 80.3 Å². The normalized spacial score (nSPS) is 17.3. The average Bonchev–Trinajstić information content (AvgIpc) is 3.47. The molecule has 0 N–H and O–H groups in total. The average molecular weight is 777 g/mol. The van der Waals surface area contributed by atoms with Crippen LogP contribution in [0.4, 0.5) is 0 Å². The molecule has 0 aromatic heterocycles. The van der Waals surface area contributed by atoms with Gasteiger partial charge in [0.25, 0.3) is 0 Å². The minimum absolute atomic E-state index is 0.0685. The van der Waals surface area contributed by atoms with E-state index in [1.165, 1.54) is 7.11 Å². The monoisotopic (exact) mass is 776 g/mol. The number of ether oxygens (including phenoxy) is 9. The molecule has 3 aromatic rings. The number of carbonyl (C=O) groups excluding carboxylic acids is 2. The van der Waals surface area contributed by atoms with E-state index >= 15 is 0 Å². The van der Waals surface area contributed by atoms with Crippen molar-refractivity contribution >= 4 is 26.1 Å². The van der Waals surface area contributed by atoms with E-state index < -0.39 is 44.1 Å². The highest BCUT2D eigenvalue weighted by Crippen LogP contribution is 2.35. The van der Waals surface area contributed by atoms with E-state index in [4.69, 9.17) is 42.6 Å². The molecular formula is C43H56O11Si. The standard InChI is InChI=1S/C43H56O11Si/c1-43(2)53-37(19-14-17-33-27-35(48-5)28-38(51-30-46-3)39(33)42(45)50-25-26-55(6,7)8)40(54-43)36(52-41(44)32-15-10-9-11-16-32)18-12-13-24-49-29-31-20-22-34(47-4)23-21-31/h9-12,14-18,20-23,27-28,36-37,40H,13,19,24-26,29-30H2,1-8H3/b17-14+,18-12-/t36?,37-,40?/m0/s1. The van der Waals surface area contributed by atoms with Crippen molar-refractivity contribution < 1.29 is 52.2 Å². The molecule has 0 spiro atoms. The van der Waals surface area contributed by atoms with Gasteiger partial charge in [-0.15, -0.1) is 0 Å². The molecule has 3 aromatic carbocycles. The van der Waals surface area contributed by atoms with Gasteiger partial charge >= 0.3 is 11.9 Å². The maximum atomic E-state index is 13.5. The SMILES string of the molecule is COCOc1cc(OC)cc(/C=C/C[C@@H]2OC(C)(C)OC2C(/C=C\CCOCc2ccc(OC)cc2)OC(=O)c2ccccc2)c1C(=O)OCC[Si](C)(C)C. The van der Waals surface area contributed by atoms with Crippen LogP contribution >= 0.6 is 0 Å². The highest BCUT2D eigenvalue weighted by atomic mass is 28.3. The van der Waals surface area contributed by atoms with Crippen LogP contribution in [0, 0.1) is 0 Å². The summed E-state index contributed by atoms with van der Waals surface area (Å²) in [6.07, 6.45) is 6.46. The number of benzene rings is 3. The Labute approximate surface area is 326 Å². The third kappa shape index (κ3) is 14.0. The second-order valence-corrected chi connectivity index (χ2v) is 20.3. The van der Waals surface area contributed by atoms with E-state index in [0.29, 0.717) is 49.5 Å². The van der Waals surface area contributed by atoms with E-state index in [9.17, 15) is 9.59 Å². The summed E-state index contributed by atoms with van der Waals surface area (Å²) in [5.41, 5.74) is 2.26. The summed E-state index contributed by atoms with van der Waals surface area (Å²) in [5.74, 6) is -0.377. The molecule has 0 radical (unpaired) electrons. The first-order valence-corrected chi connectivity index (χ1v) is 22.2. The van der Waals surface area contributed by atoms with Crippen LogP contribution in [0.25, 0.3) is 6.08 Å². The lowest BCUT2D eigenvalue weighted by Gasteiger charge is -2.24. The Morgan fingerprint density at radius 2 is 1.60 bits per heavy atom. The van der Waals surface area contributed by atoms with Crippen molar-refractivity contribution in [3.63, 3.8) is 0 Å². The molecule has 4 rings (SSSR count). The van der Waals surface area contributed by atoms with Crippen LogP contribution in [-0.2, 0) is 35.0 Å². The largest absolute Gasteiger partial charge is 0.497 e. The van der Waals surface area contributed by atoms with Gasteiger partial charge in [-0.1, -0.05) is 68.2 Å². The van der Waals surface area contributed by atoms with Crippen molar-refractivity contribution in [2.45, 2.75) is 83.1 Å². The molecule has 11 nitrogen and oxygen atoms in total. The zero-order valence-electron chi connectivity index (χ0n) is 33.3. The minimum atomic E-state index is -1.45. The summed E-state index contributed by atoms with van der Waals surface area (Å²) in [4.78, 5) is 26.9. The fraction of sp³-hybridized carbons (Fsp3) is 0.442. The van der Waals surface area contributed by atoms with Crippen molar-refractivity contribution in [3.8, 4) is 17.2 Å². The van der Waals surface area contributed by atoms with Gasteiger partial charge in [-0.3, -0.25) is 0 Å². The van der Waals surface area contributed by atoms with Crippen LogP contribution in [-0.4, -0.2) is 85.4 Å². The van der Waals surface area contributed by atoms with Gasteiger partial charge in [0, 0.05) is 21.3 Å². The molecule has 0 amide bonds. The summed E-state index contributed by atoms with van der Waals surface area (Å²) in [6, 6.07) is 20.8. The highest BCUT2D eigenvalue weighted by molar-refractivity contribution is 6.76. The van der Waals surface area contributed by atoms with Crippen molar-refractivity contribution in [2.75, 3.05) is 41.3 Å². The lowest BCUT2D eigenvalue weighted by Crippen LogP contribution is -2.37. The first-order chi connectivity index (χ1) is 26.3. The maximum Gasteiger partial charge on any atom is 0.342 e. The summed E-state index contributed by atoms with van der Waals surface area (Å²) in [5, 5.41) is 0. The Morgan fingerprint density at radius 3 is 2.27 bits per heavy atom. The molecule has 1 fully saturated rings. The van der Waals surface area contributed by atoms with Crippen molar-refractivity contribution in [1.82, 2.24) is 0 Å². The van der Waals surface area contributed by atoms with E-state index in [0.717, 1.165) is 17.4 Å². The third-order valence-corrected chi connectivity index (χ3v) is 10.3. The molecule has 1 aliphatic heterocycles. The van der Waals surface area contributed by atoms with E-state index in [1.54, 1.807) is 50.6 Å². The second kappa shape index (κ2) is 21.0. The minimum Gasteiger partial charge on any atom is -0.497 e. The summed E-state index contributed by atoms with van der Waals surface area (Å²) >= 11 is 0. The van der Waals surface area contributed by atoms with E-state index in [1.807, 2.05) is 68.5 Å². The van der Waals surface area contributed by atoms with Gasteiger partial charge in [-0.25, -0.2) is 9.59 Å². The fourth-order valence-electron chi connectivity index (χ4n) is 5.77. The lowest BCUT2D eigenvalue weighted by atomic mass is 10.0.